The van der Waals surface area contributed by atoms with Crippen molar-refractivity contribution in [3.8, 4) is 11.3 Å². The maximum absolute atomic E-state index is 12.4. The summed E-state index contributed by atoms with van der Waals surface area (Å²) in [6.45, 7) is 2.11. The summed E-state index contributed by atoms with van der Waals surface area (Å²) in [5, 5.41) is 0.605. The smallest absolute Gasteiger partial charge is 0.279 e. The summed E-state index contributed by atoms with van der Waals surface area (Å²) in [6, 6.07) is 17.0. The molecule has 0 radical (unpaired) electrons. The maximum atomic E-state index is 12.4. The lowest BCUT2D eigenvalue weighted by molar-refractivity contribution is 0.0998. The van der Waals surface area contributed by atoms with Crippen LogP contribution in [-0.2, 0) is 13.5 Å². The minimum atomic E-state index is -0.259. The van der Waals surface area contributed by atoms with Crippen LogP contribution in [0.25, 0.3) is 11.3 Å². The SMILES string of the molecule is CCc1sc(=NC(=O)c2ccc(Cl)cc2)n(C)c1-c1ccccc1. The average molecular weight is 357 g/mol. The van der Waals surface area contributed by atoms with Crippen molar-refractivity contribution in [3.05, 3.63) is 74.9 Å². The van der Waals surface area contributed by atoms with Crippen molar-refractivity contribution in [1.82, 2.24) is 4.57 Å². The second-order valence-corrected chi connectivity index (χ2v) is 6.86. The van der Waals surface area contributed by atoms with Gasteiger partial charge in [-0.15, -0.1) is 11.3 Å². The van der Waals surface area contributed by atoms with Crippen molar-refractivity contribution < 1.29 is 4.79 Å². The number of thiazole rings is 1. The Balaban J connectivity index is 2.07. The summed E-state index contributed by atoms with van der Waals surface area (Å²) in [6.07, 6.45) is 0.896. The molecule has 0 unspecified atom stereocenters. The van der Waals surface area contributed by atoms with Gasteiger partial charge in [-0.3, -0.25) is 4.79 Å². The van der Waals surface area contributed by atoms with Gasteiger partial charge in [0, 0.05) is 22.5 Å². The van der Waals surface area contributed by atoms with Crippen LogP contribution in [0.2, 0.25) is 5.02 Å². The molecule has 0 N–H and O–H groups in total. The Bertz CT molecular complexity index is 924. The molecular formula is C19H17ClN2OS. The first-order valence-electron chi connectivity index (χ1n) is 7.69. The summed E-state index contributed by atoms with van der Waals surface area (Å²) < 4.78 is 1.99. The highest BCUT2D eigenvalue weighted by Crippen LogP contribution is 2.25. The van der Waals surface area contributed by atoms with E-state index in [1.165, 1.54) is 4.88 Å². The topological polar surface area (TPSA) is 34.4 Å². The molecule has 0 aliphatic rings. The summed E-state index contributed by atoms with van der Waals surface area (Å²) in [5.41, 5.74) is 2.78. The number of benzene rings is 2. The van der Waals surface area contributed by atoms with Crippen LogP contribution in [0.5, 0.6) is 0 Å². The number of hydrogen-bond acceptors (Lipinski definition) is 2. The summed E-state index contributed by atoms with van der Waals surface area (Å²) in [5.74, 6) is -0.259. The molecule has 0 aliphatic carbocycles. The van der Waals surface area contributed by atoms with Crippen molar-refractivity contribution in [3.63, 3.8) is 0 Å². The highest BCUT2D eigenvalue weighted by atomic mass is 35.5. The fourth-order valence-electron chi connectivity index (χ4n) is 2.54. The van der Waals surface area contributed by atoms with Gasteiger partial charge in [-0.1, -0.05) is 48.9 Å². The third kappa shape index (κ3) is 3.35. The molecule has 0 bridgehead atoms. The van der Waals surface area contributed by atoms with Gasteiger partial charge in [-0.25, -0.2) is 0 Å². The number of aromatic nitrogens is 1. The molecule has 0 saturated carbocycles. The summed E-state index contributed by atoms with van der Waals surface area (Å²) in [4.78, 5) is 18.6. The number of amides is 1. The number of hydrogen-bond donors (Lipinski definition) is 0. The largest absolute Gasteiger partial charge is 0.319 e. The number of carbonyl (C=O) groups excluding carboxylic acids is 1. The van der Waals surface area contributed by atoms with Crippen molar-refractivity contribution in [2.75, 3.05) is 0 Å². The van der Waals surface area contributed by atoms with Crippen LogP contribution in [0.3, 0.4) is 0 Å². The normalized spacial score (nSPS) is 11.7. The van der Waals surface area contributed by atoms with Gasteiger partial charge in [0.15, 0.2) is 4.80 Å². The summed E-state index contributed by atoms with van der Waals surface area (Å²) >= 11 is 7.43. The minimum Gasteiger partial charge on any atom is -0.319 e. The molecule has 0 spiro atoms. The number of rotatable bonds is 3. The maximum Gasteiger partial charge on any atom is 0.279 e. The lowest BCUT2D eigenvalue weighted by Gasteiger charge is -2.05. The zero-order valence-electron chi connectivity index (χ0n) is 13.5. The van der Waals surface area contributed by atoms with Crippen molar-refractivity contribution in [2.45, 2.75) is 13.3 Å². The third-order valence-corrected chi connectivity index (χ3v) is 5.29. The fraction of sp³-hybridized carbons (Fsp3) is 0.158. The van der Waals surface area contributed by atoms with Gasteiger partial charge in [0.2, 0.25) is 0 Å². The highest BCUT2D eigenvalue weighted by Gasteiger charge is 2.13. The third-order valence-electron chi connectivity index (χ3n) is 3.76. The van der Waals surface area contributed by atoms with Crippen LogP contribution in [0.1, 0.15) is 22.2 Å². The lowest BCUT2D eigenvalue weighted by Crippen LogP contribution is -2.14. The summed E-state index contributed by atoms with van der Waals surface area (Å²) in [7, 11) is 1.95. The van der Waals surface area contributed by atoms with Gasteiger partial charge >= 0.3 is 0 Å². The van der Waals surface area contributed by atoms with E-state index >= 15 is 0 Å². The first-order chi connectivity index (χ1) is 11.6. The van der Waals surface area contributed by atoms with Gasteiger partial charge in [0.1, 0.15) is 0 Å². The number of carbonyl (C=O) groups is 1. The zero-order chi connectivity index (χ0) is 17.1. The van der Waals surface area contributed by atoms with E-state index < -0.39 is 0 Å². The molecule has 1 amide bonds. The Morgan fingerprint density at radius 3 is 2.42 bits per heavy atom. The second kappa shape index (κ2) is 7.16. The van der Waals surface area contributed by atoms with Crippen molar-refractivity contribution in [2.24, 2.45) is 12.0 Å². The average Bonchev–Trinajstić information content (AvgIpc) is 2.92. The van der Waals surface area contributed by atoms with Gasteiger partial charge < -0.3 is 4.57 Å². The lowest BCUT2D eigenvalue weighted by atomic mass is 10.1. The molecule has 3 nitrogen and oxygen atoms in total. The van der Waals surface area contributed by atoms with E-state index in [2.05, 4.69) is 24.0 Å². The highest BCUT2D eigenvalue weighted by molar-refractivity contribution is 7.09. The van der Waals surface area contributed by atoms with Crippen LogP contribution in [0.4, 0.5) is 0 Å². The van der Waals surface area contributed by atoms with E-state index in [0.717, 1.165) is 17.7 Å². The molecule has 3 rings (SSSR count). The molecule has 0 saturated heterocycles. The molecule has 0 fully saturated rings. The Labute approximate surface area is 149 Å². The van der Waals surface area contributed by atoms with E-state index in [9.17, 15) is 4.79 Å². The van der Waals surface area contributed by atoms with Gasteiger partial charge in [0.25, 0.3) is 5.91 Å². The fourth-order valence-corrected chi connectivity index (χ4v) is 3.74. The number of aryl methyl sites for hydroxylation is 1. The van der Waals surface area contributed by atoms with E-state index in [1.807, 2.05) is 29.8 Å². The van der Waals surface area contributed by atoms with Crippen molar-refractivity contribution in [1.29, 1.82) is 0 Å². The van der Waals surface area contributed by atoms with Crippen LogP contribution < -0.4 is 4.80 Å². The van der Waals surface area contributed by atoms with Gasteiger partial charge in [-0.2, -0.15) is 4.99 Å². The van der Waals surface area contributed by atoms with Gasteiger partial charge in [-0.05, 0) is 36.2 Å². The second-order valence-electron chi connectivity index (χ2n) is 5.36. The monoisotopic (exact) mass is 356 g/mol. The molecule has 0 aliphatic heterocycles. The van der Waals surface area contributed by atoms with Gasteiger partial charge in [0.05, 0.1) is 5.69 Å². The first kappa shape index (κ1) is 16.7. The van der Waals surface area contributed by atoms with E-state index in [-0.39, 0.29) is 5.91 Å². The van der Waals surface area contributed by atoms with Crippen molar-refractivity contribution >= 4 is 28.8 Å². The van der Waals surface area contributed by atoms with Crippen LogP contribution in [0.15, 0.2) is 59.6 Å². The van der Waals surface area contributed by atoms with Crippen LogP contribution >= 0.6 is 22.9 Å². The van der Waals surface area contributed by atoms with Crippen LogP contribution in [-0.4, -0.2) is 10.5 Å². The Morgan fingerprint density at radius 1 is 1.12 bits per heavy atom. The molecule has 1 heterocycles. The standard InChI is InChI=1S/C19H17ClN2OS/c1-3-16-17(13-7-5-4-6-8-13)22(2)19(24-16)21-18(23)14-9-11-15(20)12-10-14/h4-12H,3H2,1-2H3. The molecular weight excluding hydrogens is 340 g/mol. The predicted octanol–water partition coefficient (Wildman–Crippen LogP) is 4.71. The Hall–Kier alpha value is -2.17. The Kier molecular flexibility index (Phi) is 4.97. The Morgan fingerprint density at radius 2 is 1.79 bits per heavy atom. The quantitative estimate of drug-likeness (QED) is 0.669. The molecule has 122 valence electrons. The predicted molar refractivity (Wildman–Crippen MR) is 99.4 cm³/mol. The molecule has 0 atom stereocenters. The number of halogens is 1. The molecule has 3 aromatic rings. The number of nitrogens with zero attached hydrogens (tertiary/aromatic N) is 2. The zero-order valence-corrected chi connectivity index (χ0v) is 15.1. The molecule has 24 heavy (non-hydrogen) atoms. The first-order valence-corrected chi connectivity index (χ1v) is 8.88. The van der Waals surface area contributed by atoms with E-state index in [1.54, 1.807) is 35.6 Å². The minimum absolute atomic E-state index is 0.259. The van der Waals surface area contributed by atoms with E-state index in [4.69, 9.17) is 11.6 Å². The molecule has 5 heteroatoms. The molecule has 1 aromatic heterocycles. The van der Waals surface area contributed by atoms with E-state index in [0.29, 0.717) is 15.4 Å². The van der Waals surface area contributed by atoms with Crippen LogP contribution in [0, 0.1) is 0 Å². The molecule has 2 aromatic carbocycles.